The fourth-order valence-corrected chi connectivity index (χ4v) is 6.46. The van der Waals surface area contributed by atoms with Crippen LogP contribution in [-0.2, 0) is 28.9 Å². The zero-order chi connectivity index (χ0) is 27.9. The molecule has 5 rings (SSSR count). The van der Waals surface area contributed by atoms with Gasteiger partial charge in [0.25, 0.3) is 0 Å². The summed E-state index contributed by atoms with van der Waals surface area (Å²) in [4.78, 5) is 29.0. The van der Waals surface area contributed by atoms with E-state index in [1.54, 1.807) is 4.90 Å². The Labute approximate surface area is 224 Å². The first-order chi connectivity index (χ1) is 18.5. The largest absolute Gasteiger partial charge is 0.480 e. The number of hydrogen-bond acceptors (Lipinski definition) is 7. The molecule has 2 atom stereocenters. The zero-order valence-corrected chi connectivity index (χ0v) is 22.0. The van der Waals surface area contributed by atoms with E-state index in [-0.39, 0.29) is 43.6 Å². The SMILES string of the molecule is CC(C)[C@]1(C(=O)N2COc3ccc(C(F)(F)F)cc3C2)CC[C@@H](N2CCC(c3nnnn3CC(=O)O)CC2)C1. The van der Waals surface area contributed by atoms with Gasteiger partial charge in [-0.2, -0.15) is 13.2 Å². The quantitative estimate of drug-likeness (QED) is 0.581. The lowest BCUT2D eigenvalue weighted by atomic mass is 9.74. The standard InChI is InChI=1S/C26H33F3N6O4/c1-16(2)25(24(38)34-13-18-11-19(26(27,28)29)3-4-21(18)39-15-34)8-5-20(12-25)33-9-6-17(7-10-33)23-30-31-32-35(23)14-22(36)37/h3-4,11,16-17,20H,5-10,12-15H2,1-2H3,(H,36,37)/t20-,25+/m1/s1. The van der Waals surface area contributed by atoms with E-state index in [9.17, 15) is 22.8 Å². The molecule has 3 heterocycles. The fraction of sp³-hybridized carbons (Fsp3) is 0.654. The lowest BCUT2D eigenvalue weighted by molar-refractivity contribution is -0.150. The van der Waals surface area contributed by atoms with Crippen LogP contribution in [0, 0.1) is 11.3 Å². The normalized spacial score (nSPS) is 24.6. The number of carbonyl (C=O) groups is 2. The average Bonchev–Trinajstić information content (AvgIpc) is 3.55. The molecule has 212 valence electrons. The summed E-state index contributed by atoms with van der Waals surface area (Å²) in [5.41, 5.74) is -1.00. The first-order valence-corrected chi connectivity index (χ1v) is 13.3. The summed E-state index contributed by atoms with van der Waals surface area (Å²) < 4.78 is 46.8. The van der Waals surface area contributed by atoms with Gasteiger partial charge in [-0.05, 0) is 79.7 Å². The number of rotatable bonds is 6. The molecule has 2 aliphatic heterocycles. The molecule has 1 aromatic carbocycles. The van der Waals surface area contributed by atoms with E-state index in [1.165, 1.54) is 10.7 Å². The molecular weight excluding hydrogens is 517 g/mol. The molecule has 0 radical (unpaired) electrons. The second kappa shape index (κ2) is 10.4. The minimum Gasteiger partial charge on any atom is -0.480 e. The number of tetrazole rings is 1. The van der Waals surface area contributed by atoms with Gasteiger partial charge in [-0.15, -0.1) is 5.10 Å². The van der Waals surface area contributed by atoms with E-state index in [2.05, 4.69) is 20.4 Å². The number of benzene rings is 1. The number of ether oxygens (including phenoxy) is 1. The van der Waals surface area contributed by atoms with Crippen LogP contribution in [0.5, 0.6) is 5.75 Å². The Morgan fingerprint density at radius 3 is 2.62 bits per heavy atom. The second-order valence-electron chi connectivity index (χ2n) is 11.2. The molecule has 0 bridgehead atoms. The van der Waals surface area contributed by atoms with Gasteiger partial charge in [0.1, 0.15) is 12.3 Å². The fourth-order valence-electron chi connectivity index (χ4n) is 6.46. The maximum absolute atomic E-state index is 13.9. The lowest BCUT2D eigenvalue weighted by Gasteiger charge is -2.41. The number of amides is 1. The third-order valence-corrected chi connectivity index (χ3v) is 8.72. The Balaban J connectivity index is 1.25. The van der Waals surface area contributed by atoms with Crippen LogP contribution in [-0.4, -0.2) is 72.9 Å². The highest BCUT2D eigenvalue weighted by molar-refractivity contribution is 5.83. The van der Waals surface area contributed by atoms with Crippen LogP contribution in [0.1, 0.15) is 68.8 Å². The summed E-state index contributed by atoms with van der Waals surface area (Å²) in [5, 5.41) is 20.6. The van der Waals surface area contributed by atoms with E-state index in [0.717, 1.165) is 44.5 Å². The van der Waals surface area contributed by atoms with Crippen molar-refractivity contribution in [1.82, 2.24) is 30.0 Å². The molecule has 2 fully saturated rings. The first-order valence-electron chi connectivity index (χ1n) is 13.3. The Hall–Kier alpha value is -3.22. The number of alkyl halides is 3. The highest BCUT2D eigenvalue weighted by Gasteiger charge is 2.51. The van der Waals surface area contributed by atoms with E-state index >= 15 is 0 Å². The highest BCUT2D eigenvalue weighted by atomic mass is 19.4. The van der Waals surface area contributed by atoms with Crippen LogP contribution < -0.4 is 4.74 Å². The third kappa shape index (κ3) is 5.32. The number of fused-ring (bicyclic) bond motifs is 1. The van der Waals surface area contributed by atoms with Gasteiger partial charge in [-0.1, -0.05) is 13.8 Å². The van der Waals surface area contributed by atoms with Crippen LogP contribution in [0.15, 0.2) is 18.2 Å². The van der Waals surface area contributed by atoms with Gasteiger partial charge in [0.05, 0.1) is 17.5 Å². The number of likely N-dealkylation sites (tertiary alicyclic amines) is 1. The molecule has 1 saturated carbocycles. The summed E-state index contributed by atoms with van der Waals surface area (Å²) in [6.07, 6.45) is -0.646. The van der Waals surface area contributed by atoms with Crippen molar-refractivity contribution in [3.8, 4) is 5.75 Å². The highest BCUT2D eigenvalue weighted by Crippen LogP contribution is 2.49. The number of aliphatic carboxylic acids is 1. The van der Waals surface area contributed by atoms with Crippen molar-refractivity contribution >= 4 is 11.9 Å². The van der Waals surface area contributed by atoms with Crippen molar-refractivity contribution in [3.63, 3.8) is 0 Å². The number of carbonyl (C=O) groups excluding carboxylic acids is 1. The van der Waals surface area contributed by atoms with Crippen molar-refractivity contribution in [2.75, 3.05) is 19.8 Å². The first kappa shape index (κ1) is 27.4. The average molecular weight is 551 g/mol. The van der Waals surface area contributed by atoms with Gasteiger partial charge in [-0.3, -0.25) is 9.59 Å². The second-order valence-corrected chi connectivity index (χ2v) is 11.2. The van der Waals surface area contributed by atoms with Gasteiger partial charge in [0.15, 0.2) is 12.6 Å². The predicted molar refractivity (Wildman–Crippen MR) is 131 cm³/mol. The van der Waals surface area contributed by atoms with Crippen LogP contribution >= 0.6 is 0 Å². The molecule has 39 heavy (non-hydrogen) atoms. The van der Waals surface area contributed by atoms with Crippen LogP contribution in [0.3, 0.4) is 0 Å². The predicted octanol–water partition coefficient (Wildman–Crippen LogP) is 3.53. The van der Waals surface area contributed by atoms with Gasteiger partial charge in [-0.25, -0.2) is 4.68 Å². The van der Waals surface area contributed by atoms with Crippen molar-refractivity contribution in [2.45, 2.75) is 77.2 Å². The molecule has 1 saturated heterocycles. The summed E-state index contributed by atoms with van der Waals surface area (Å²) in [6, 6.07) is 3.62. The molecular formula is C26H33F3N6O4. The van der Waals surface area contributed by atoms with Crippen LogP contribution in [0.2, 0.25) is 0 Å². The number of hydrogen-bond donors (Lipinski definition) is 1. The monoisotopic (exact) mass is 550 g/mol. The van der Waals surface area contributed by atoms with E-state index in [1.807, 2.05) is 13.8 Å². The van der Waals surface area contributed by atoms with Gasteiger partial charge in [0.2, 0.25) is 5.91 Å². The number of halogens is 3. The number of aromatic nitrogens is 4. The summed E-state index contributed by atoms with van der Waals surface area (Å²) in [6.45, 7) is 5.49. The van der Waals surface area contributed by atoms with Crippen LogP contribution in [0.4, 0.5) is 13.2 Å². The minimum absolute atomic E-state index is 0.0206. The molecule has 1 amide bonds. The van der Waals surface area contributed by atoms with Gasteiger partial charge >= 0.3 is 12.1 Å². The van der Waals surface area contributed by atoms with Gasteiger partial charge in [0, 0.05) is 17.5 Å². The molecule has 0 spiro atoms. The molecule has 13 heteroatoms. The lowest BCUT2D eigenvalue weighted by Crippen LogP contribution is -2.49. The summed E-state index contributed by atoms with van der Waals surface area (Å²) in [7, 11) is 0. The van der Waals surface area contributed by atoms with Gasteiger partial charge < -0.3 is 19.6 Å². The number of nitrogens with zero attached hydrogens (tertiary/aromatic N) is 6. The molecule has 2 aromatic rings. The molecule has 1 aromatic heterocycles. The van der Waals surface area contributed by atoms with Crippen LogP contribution in [0.25, 0.3) is 0 Å². The third-order valence-electron chi connectivity index (χ3n) is 8.72. The Morgan fingerprint density at radius 2 is 1.95 bits per heavy atom. The van der Waals surface area contributed by atoms with Crippen molar-refractivity contribution in [3.05, 3.63) is 35.2 Å². The molecule has 3 aliphatic rings. The van der Waals surface area contributed by atoms with Crippen molar-refractivity contribution in [1.29, 1.82) is 0 Å². The maximum atomic E-state index is 13.9. The van der Waals surface area contributed by atoms with Crippen molar-refractivity contribution in [2.24, 2.45) is 11.3 Å². The number of piperidine rings is 1. The van der Waals surface area contributed by atoms with E-state index in [4.69, 9.17) is 9.84 Å². The Kier molecular flexibility index (Phi) is 7.29. The molecule has 1 N–H and O–H groups in total. The Morgan fingerprint density at radius 1 is 1.21 bits per heavy atom. The molecule has 10 nitrogen and oxygen atoms in total. The minimum atomic E-state index is -4.46. The topological polar surface area (TPSA) is 114 Å². The van der Waals surface area contributed by atoms with E-state index in [0.29, 0.717) is 30.0 Å². The van der Waals surface area contributed by atoms with E-state index < -0.39 is 23.1 Å². The Bertz CT molecular complexity index is 1230. The smallest absolute Gasteiger partial charge is 0.416 e. The number of carboxylic acid groups (broad SMARTS) is 1. The maximum Gasteiger partial charge on any atom is 0.416 e. The van der Waals surface area contributed by atoms with Crippen molar-refractivity contribution < 1.29 is 32.6 Å². The zero-order valence-electron chi connectivity index (χ0n) is 22.0. The molecule has 1 aliphatic carbocycles. The summed E-state index contributed by atoms with van der Waals surface area (Å²) in [5.74, 6) is 0.0361. The molecule has 0 unspecified atom stereocenters. The number of carboxylic acids is 1. The summed E-state index contributed by atoms with van der Waals surface area (Å²) >= 11 is 0.